The van der Waals surface area contributed by atoms with E-state index in [0.717, 1.165) is 28.3 Å². The number of aryl methyl sites for hydroxylation is 1. The summed E-state index contributed by atoms with van der Waals surface area (Å²) < 4.78 is 10.7. The first kappa shape index (κ1) is 14.2. The number of benzene rings is 1. The molecule has 106 valence electrons. The molecule has 1 aromatic heterocycles. The van der Waals surface area contributed by atoms with Gasteiger partial charge in [0.1, 0.15) is 11.5 Å². The highest BCUT2D eigenvalue weighted by molar-refractivity contribution is 5.49. The van der Waals surface area contributed by atoms with Crippen molar-refractivity contribution in [1.82, 2.24) is 4.98 Å². The Morgan fingerprint density at radius 2 is 1.90 bits per heavy atom. The van der Waals surface area contributed by atoms with Crippen LogP contribution >= 0.6 is 0 Å². The van der Waals surface area contributed by atoms with E-state index in [2.05, 4.69) is 23.3 Å². The fourth-order valence-electron chi connectivity index (χ4n) is 2.14. The molecule has 0 amide bonds. The minimum absolute atomic E-state index is 0.0867. The number of methoxy groups -OCH3 is 2. The number of anilines is 1. The summed E-state index contributed by atoms with van der Waals surface area (Å²) in [4.78, 5) is 4.19. The number of hydrogen-bond acceptors (Lipinski definition) is 4. The van der Waals surface area contributed by atoms with Crippen molar-refractivity contribution in [2.75, 3.05) is 19.5 Å². The summed E-state index contributed by atoms with van der Waals surface area (Å²) >= 11 is 0. The van der Waals surface area contributed by atoms with Crippen LogP contribution in [0.5, 0.6) is 11.5 Å². The minimum Gasteiger partial charge on any atom is -0.497 e. The van der Waals surface area contributed by atoms with Crippen molar-refractivity contribution in [2.24, 2.45) is 0 Å². The Morgan fingerprint density at radius 3 is 2.55 bits per heavy atom. The van der Waals surface area contributed by atoms with Crippen LogP contribution in [-0.4, -0.2) is 19.2 Å². The van der Waals surface area contributed by atoms with Crippen LogP contribution < -0.4 is 14.8 Å². The van der Waals surface area contributed by atoms with Gasteiger partial charge in [0, 0.05) is 18.0 Å². The third-order valence-electron chi connectivity index (χ3n) is 3.16. The van der Waals surface area contributed by atoms with Crippen LogP contribution in [0.25, 0.3) is 0 Å². The third-order valence-corrected chi connectivity index (χ3v) is 3.16. The zero-order chi connectivity index (χ0) is 14.5. The van der Waals surface area contributed by atoms with Crippen molar-refractivity contribution < 1.29 is 9.47 Å². The van der Waals surface area contributed by atoms with Crippen LogP contribution in [0.15, 0.2) is 36.7 Å². The molecule has 1 N–H and O–H groups in total. The summed E-state index contributed by atoms with van der Waals surface area (Å²) in [7, 11) is 3.33. The number of hydrogen-bond donors (Lipinski definition) is 1. The Balaban J connectivity index is 2.25. The van der Waals surface area contributed by atoms with E-state index >= 15 is 0 Å². The van der Waals surface area contributed by atoms with Crippen LogP contribution in [0.1, 0.15) is 24.1 Å². The first-order valence-electron chi connectivity index (χ1n) is 6.54. The molecule has 0 fully saturated rings. The van der Waals surface area contributed by atoms with E-state index < -0.39 is 0 Å². The normalized spacial score (nSPS) is 11.8. The van der Waals surface area contributed by atoms with Crippen molar-refractivity contribution in [3.8, 4) is 11.5 Å². The van der Waals surface area contributed by atoms with Crippen LogP contribution in [-0.2, 0) is 0 Å². The molecule has 0 aliphatic rings. The maximum atomic E-state index is 5.42. The van der Waals surface area contributed by atoms with Crippen molar-refractivity contribution in [3.05, 3.63) is 47.8 Å². The molecule has 2 aromatic rings. The van der Waals surface area contributed by atoms with Crippen LogP contribution in [0, 0.1) is 6.92 Å². The van der Waals surface area contributed by atoms with Gasteiger partial charge >= 0.3 is 0 Å². The van der Waals surface area contributed by atoms with Crippen LogP contribution in [0.2, 0.25) is 0 Å². The fourth-order valence-corrected chi connectivity index (χ4v) is 2.14. The maximum absolute atomic E-state index is 5.42. The molecule has 1 heterocycles. The van der Waals surface area contributed by atoms with E-state index in [-0.39, 0.29) is 6.04 Å². The lowest BCUT2D eigenvalue weighted by atomic mass is 10.1. The molecule has 20 heavy (non-hydrogen) atoms. The number of nitrogens with zero attached hydrogens (tertiary/aromatic N) is 1. The topological polar surface area (TPSA) is 43.4 Å². The lowest BCUT2D eigenvalue weighted by molar-refractivity contribution is 0.397. The van der Waals surface area contributed by atoms with Gasteiger partial charge < -0.3 is 14.8 Å². The Morgan fingerprint density at radius 1 is 1.10 bits per heavy atom. The molecule has 0 radical (unpaired) electrons. The maximum Gasteiger partial charge on any atom is 0.124 e. The molecule has 1 unspecified atom stereocenters. The van der Waals surface area contributed by atoms with Crippen molar-refractivity contribution in [1.29, 1.82) is 0 Å². The Labute approximate surface area is 119 Å². The zero-order valence-electron chi connectivity index (χ0n) is 12.3. The lowest BCUT2D eigenvalue weighted by Gasteiger charge is -2.19. The fraction of sp³-hybridized carbons (Fsp3) is 0.312. The molecule has 0 saturated carbocycles. The van der Waals surface area contributed by atoms with Gasteiger partial charge in [0.15, 0.2) is 0 Å². The number of pyridine rings is 1. The zero-order valence-corrected chi connectivity index (χ0v) is 12.3. The summed E-state index contributed by atoms with van der Waals surface area (Å²) in [6, 6.07) is 7.95. The highest BCUT2D eigenvalue weighted by Crippen LogP contribution is 2.31. The Bertz CT molecular complexity index is 584. The van der Waals surface area contributed by atoms with Gasteiger partial charge in [-0.15, -0.1) is 0 Å². The average molecular weight is 272 g/mol. The van der Waals surface area contributed by atoms with Crippen molar-refractivity contribution in [2.45, 2.75) is 19.9 Å². The van der Waals surface area contributed by atoms with Crippen molar-refractivity contribution >= 4 is 5.69 Å². The predicted molar refractivity (Wildman–Crippen MR) is 80.6 cm³/mol. The second-order valence-electron chi connectivity index (χ2n) is 4.72. The summed E-state index contributed by atoms with van der Waals surface area (Å²) in [5.74, 6) is 1.66. The number of rotatable bonds is 5. The van der Waals surface area contributed by atoms with Gasteiger partial charge in [-0.1, -0.05) is 0 Å². The van der Waals surface area contributed by atoms with E-state index in [1.807, 2.05) is 37.5 Å². The summed E-state index contributed by atoms with van der Waals surface area (Å²) in [6.07, 6.45) is 3.65. The number of nitrogens with one attached hydrogen (secondary N) is 1. The second-order valence-corrected chi connectivity index (χ2v) is 4.72. The smallest absolute Gasteiger partial charge is 0.124 e. The number of ether oxygens (including phenoxy) is 2. The lowest BCUT2D eigenvalue weighted by Crippen LogP contribution is -2.08. The molecule has 4 heteroatoms. The molecule has 0 spiro atoms. The number of aromatic nitrogens is 1. The Hall–Kier alpha value is -2.23. The molecule has 1 atom stereocenters. The van der Waals surface area contributed by atoms with E-state index in [9.17, 15) is 0 Å². The molecule has 1 aromatic carbocycles. The molecular weight excluding hydrogens is 252 g/mol. The molecular formula is C16H20N2O2. The van der Waals surface area contributed by atoms with Gasteiger partial charge in [-0.25, -0.2) is 0 Å². The van der Waals surface area contributed by atoms with Crippen LogP contribution in [0.4, 0.5) is 5.69 Å². The average Bonchev–Trinajstić information content (AvgIpc) is 2.46. The molecule has 2 rings (SSSR count). The van der Waals surface area contributed by atoms with Crippen LogP contribution in [0.3, 0.4) is 0 Å². The first-order valence-corrected chi connectivity index (χ1v) is 6.54. The SMILES string of the molecule is COc1ccc(OC)c(C(C)Nc2cncc(C)c2)c1. The molecule has 0 saturated heterocycles. The standard InChI is InChI=1S/C16H20N2O2/c1-11-7-13(10-17-9-11)18-12(2)15-8-14(19-3)5-6-16(15)20-4/h5-10,12,18H,1-4H3. The second kappa shape index (κ2) is 6.28. The van der Waals surface area contributed by atoms with Gasteiger partial charge in [0.2, 0.25) is 0 Å². The molecule has 4 nitrogen and oxygen atoms in total. The molecule has 0 bridgehead atoms. The monoisotopic (exact) mass is 272 g/mol. The highest BCUT2D eigenvalue weighted by atomic mass is 16.5. The highest BCUT2D eigenvalue weighted by Gasteiger charge is 2.13. The largest absolute Gasteiger partial charge is 0.497 e. The quantitative estimate of drug-likeness (QED) is 0.903. The van der Waals surface area contributed by atoms with E-state index in [1.54, 1.807) is 14.2 Å². The Kier molecular flexibility index (Phi) is 4.45. The molecule has 0 aliphatic carbocycles. The van der Waals surface area contributed by atoms with Gasteiger partial charge in [-0.05, 0) is 43.7 Å². The summed E-state index contributed by atoms with van der Waals surface area (Å²) in [5.41, 5.74) is 3.16. The first-order chi connectivity index (χ1) is 9.63. The van der Waals surface area contributed by atoms with E-state index in [1.165, 1.54) is 0 Å². The third kappa shape index (κ3) is 3.20. The van der Waals surface area contributed by atoms with Gasteiger partial charge in [0.05, 0.1) is 25.9 Å². The van der Waals surface area contributed by atoms with E-state index in [4.69, 9.17) is 9.47 Å². The van der Waals surface area contributed by atoms with E-state index in [0.29, 0.717) is 0 Å². The molecule has 0 aliphatic heterocycles. The summed E-state index contributed by atoms with van der Waals surface area (Å²) in [5, 5.41) is 3.43. The summed E-state index contributed by atoms with van der Waals surface area (Å²) in [6.45, 7) is 4.11. The van der Waals surface area contributed by atoms with Gasteiger partial charge in [-0.3, -0.25) is 4.98 Å². The van der Waals surface area contributed by atoms with Crippen molar-refractivity contribution in [3.63, 3.8) is 0 Å². The minimum atomic E-state index is 0.0867. The van der Waals surface area contributed by atoms with Gasteiger partial charge in [-0.2, -0.15) is 0 Å². The predicted octanol–water partition coefficient (Wildman–Crippen LogP) is 3.58. The van der Waals surface area contributed by atoms with Gasteiger partial charge in [0.25, 0.3) is 0 Å².